The third-order valence-corrected chi connectivity index (χ3v) is 6.28. The summed E-state index contributed by atoms with van der Waals surface area (Å²) >= 11 is 12.3. The van der Waals surface area contributed by atoms with Crippen molar-refractivity contribution in [1.29, 1.82) is 0 Å². The van der Waals surface area contributed by atoms with Crippen LogP contribution in [0.5, 0.6) is 0 Å². The molecule has 1 aliphatic rings. The highest BCUT2D eigenvalue weighted by Gasteiger charge is 2.30. The summed E-state index contributed by atoms with van der Waals surface area (Å²) < 4.78 is 0. The van der Waals surface area contributed by atoms with E-state index in [4.69, 9.17) is 23.2 Å². The molecule has 7 nitrogen and oxygen atoms in total. The van der Waals surface area contributed by atoms with Gasteiger partial charge in [0.05, 0.1) is 16.6 Å². The summed E-state index contributed by atoms with van der Waals surface area (Å²) in [7, 11) is 5.73. The molecule has 2 aromatic rings. The molecule has 31 heavy (non-hydrogen) atoms. The Morgan fingerprint density at radius 3 is 2.48 bits per heavy atom. The van der Waals surface area contributed by atoms with Gasteiger partial charge in [0.1, 0.15) is 5.82 Å². The van der Waals surface area contributed by atoms with Crippen molar-refractivity contribution in [3.05, 3.63) is 40.0 Å². The second-order valence-corrected chi connectivity index (χ2v) is 8.95. The van der Waals surface area contributed by atoms with Crippen LogP contribution in [-0.4, -0.2) is 55.6 Å². The summed E-state index contributed by atoms with van der Waals surface area (Å²) in [5, 5.41) is 7.36. The Balaban J connectivity index is 1.70. The normalized spacial score (nSPS) is 18.5. The molecule has 1 amide bonds. The molecule has 1 aliphatic carbocycles. The molecule has 0 saturated heterocycles. The maximum atomic E-state index is 12.9. The molecule has 0 bridgehead atoms. The van der Waals surface area contributed by atoms with Crippen LogP contribution in [0.3, 0.4) is 0 Å². The Morgan fingerprint density at radius 1 is 1.16 bits per heavy atom. The summed E-state index contributed by atoms with van der Waals surface area (Å²) in [5.74, 6) is 1.58. The van der Waals surface area contributed by atoms with Crippen LogP contribution in [0.1, 0.15) is 31.2 Å². The molecule has 0 radical (unpaired) electrons. The molecular formula is C22H30Cl2N6O. The van der Waals surface area contributed by atoms with E-state index in [2.05, 4.69) is 20.6 Å². The zero-order valence-electron chi connectivity index (χ0n) is 18.5. The van der Waals surface area contributed by atoms with Gasteiger partial charge in [-0.05, 0) is 57.9 Å². The van der Waals surface area contributed by atoms with Gasteiger partial charge in [-0.3, -0.25) is 4.79 Å². The fourth-order valence-electron chi connectivity index (χ4n) is 4.05. The molecule has 0 unspecified atom stereocenters. The number of rotatable bonds is 7. The van der Waals surface area contributed by atoms with Gasteiger partial charge in [0.15, 0.2) is 0 Å². The molecule has 1 saturated carbocycles. The number of aryl methyl sites for hydroxylation is 1. The first kappa shape index (κ1) is 23.6. The summed E-state index contributed by atoms with van der Waals surface area (Å²) in [6.45, 7) is 2.27. The first-order valence-corrected chi connectivity index (χ1v) is 11.2. The van der Waals surface area contributed by atoms with Crippen molar-refractivity contribution in [3.8, 4) is 0 Å². The Bertz CT molecular complexity index is 915. The molecule has 1 heterocycles. The lowest BCUT2D eigenvalue weighted by Crippen LogP contribution is -2.47. The predicted octanol–water partition coefficient (Wildman–Crippen LogP) is 4.13. The highest BCUT2D eigenvalue weighted by Crippen LogP contribution is 2.33. The van der Waals surface area contributed by atoms with Crippen molar-refractivity contribution < 1.29 is 4.79 Å². The summed E-state index contributed by atoms with van der Waals surface area (Å²) in [5.41, 5.74) is 1.82. The topological polar surface area (TPSA) is 73.4 Å². The monoisotopic (exact) mass is 464 g/mol. The lowest BCUT2D eigenvalue weighted by molar-refractivity contribution is -0.118. The van der Waals surface area contributed by atoms with Crippen molar-refractivity contribution in [2.45, 2.75) is 44.7 Å². The largest absolute Gasteiger partial charge is 0.362 e. The molecule has 1 fully saturated rings. The summed E-state index contributed by atoms with van der Waals surface area (Å²) in [6, 6.07) is 5.74. The third kappa shape index (κ3) is 5.79. The van der Waals surface area contributed by atoms with E-state index < -0.39 is 0 Å². The van der Waals surface area contributed by atoms with Crippen molar-refractivity contribution in [3.63, 3.8) is 0 Å². The molecule has 0 aliphatic heterocycles. The van der Waals surface area contributed by atoms with Gasteiger partial charge in [0.25, 0.3) is 0 Å². The number of benzene rings is 1. The van der Waals surface area contributed by atoms with E-state index in [1.165, 1.54) is 0 Å². The van der Waals surface area contributed by atoms with E-state index in [0.717, 1.165) is 42.8 Å². The average molecular weight is 465 g/mol. The summed E-state index contributed by atoms with van der Waals surface area (Å²) in [4.78, 5) is 25.8. The van der Waals surface area contributed by atoms with E-state index in [1.807, 2.05) is 43.1 Å². The quantitative estimate of drug-likeness (QED) is 0.641. The number of halogens is 2. The average Bonchev–Trinajstić information content (AvgIpc) is 2.73. The van der Waals surface area contributed by atoms with Gasteiger partial charge in [-0.2, -0.15) is 4.98 Å². The van der Waals surface area contributed by atoms with E-state index in [0.29, 0.717) is 16.0 Å². The number of carbonyl (C=O) groups excluding carboxylic acids is 1. The smallest absolute Gasteiger partial charge is 0.241 e. The second kappa shape index (κ2) is 10.5. The number of nitrogens with zero attached hydrogens (tertiary/aromatic N) is 4. The van der Waals surface area contributed by atoms with Crippen LogP contribution in [0.4, 0.5) is 17.5 Å². The summed E-state index contributed by atoms with van der Waals surface area (Å²) in [6.07, 6.45) is 5.44. The molecular weight excluding hydrogens is 435 g/mol. The van der Waals surface area contributed by atoms with Crippen LogP contribution >= 0.6 is 23.2 Å². The van der Waals surface area contributed by atoms with E-state index >= 15 is 0 Å². The van der Waals surface area contributed by atoms with Crippen molar-refractivity contribution in [1.82, 2.24) is 15.3 Å². The maximum absolute atomic E-state index is 12.9. The molecule has 168 valence electrons. The van der Waals surface area contributed by atoms with Crippen LogP contribution < -0.4 is 20.4 Å². The Kier molecular flexibility index (Phi) is 7.97. The van der Waals surface area contributed by atoms with E-state index in [-0.39, 0.29) is 24.5 Å². The Hall–Kier alpha value is -2.09. The van der Waals surface area contributed by atoms with Crippen LogP contribution in [0.25, 0.3) is 0 Å². The lowest BCUT2D eigenvalue weighted by Gasteiger charge is -2.37. The number of carbonyl (C=O) groups is 1. The van der Waals surface area contributed by atoms with Crippen molar-refractivity contribution in [2.24, 2.45) is 0 Å². The Morgan fingerprint density at radius 2 is 1.87 bits per heavy atom. The van der Waals surface area contributed by atoms with Gasteiger partial charge in [0, 0.05) is 43.6 Å². The minimum atomic E-state index is 0.0230. The minimum Gasteiger partial charge on any atom is -0.362 e. The van der Waals surface area contributed by atoms with Gasteiger partial charge in [-0.15, -0.1) is 0 Å². The number of nitrogens with one attached hydrogen (secondary N) is 2. The lowest BCUT2D eigenvalue weighted by atomic mass is 9.89. The molecule has 0 atom stereocenters. The zero-order chi connectivity index (χ0) is 22.5. The van der Waals surface area contributed by atoms with Gasteiger partial charge in [-0.25, -0.2) is 4.98 Å². The first-order valence-electron chi connectivity index (χ1n) is 10.5. The number of hydrogen-bond acceptors (Lipinski definition) is 6. The SMILES string of the molecule is CNCC(=O)N(c1ccc(Cl)c(Cl)c1)C1CCC(Nc2ncc(C)c(N(C)C)n2)CC1. The number of likely N-dealkylation sites (N-methyl/N-ethyl adjacent to an activating group) is 1. The number of amides is 1. The second-order valence-electron chi connectivity index (χ2n) is 8.14. The fraction of sp³-hybridized carbons (Fsp3) is 0.500. The van der Waals surface area contributed by atoms with Crippen LogP contribution in [0.15, 0.2) is 24.4 Å². The van der Waals surface area contributed by atoms with E-state index in [9.17, 15) is 4.79 Å². The predicted molar refractivity (Wildman–Crippen MR) is 129 cm³/mol. The van der Waals surface area contributed by atoms with Gasteiger partial charge in [-0.1, -0.05) is 23.2 Å². The Labute approximate surface area is 194 Å². The molecule has 1 aromatic carbocycles. The van der Waals surface area contributed by atoms with Crippen LogP contribution in [0.2, 0.25) is 10.0 Å². The standard InChI is InChI=1S/C22H30Cl2N6O/c1-14-12-26-22(28-21(14)29(3)4)27-15-5-7-16(8-6-15)30(20(31)13-25-2)17-9-10-18(23)19(24)11-17/h9-12,15-16,25H,5-8,13H2,1-4H3,(H,26,27,28). The number of hydrogen-bond donors (Lipinski definition) is 2. The fourth-order valence-corrected chi connectivity index (χ4v) is 4.34. The first-order chi connectivity index (χ1) is 14.8. The molecule has 1 aromatic heterocycles. The van der Waals surface area contributed by atoms with Gasteiger partial charge in [0.2, 0.25) is 11.9 Å². The van der Waals surface area contributed by atoms with Gasteiger partial charge < -0.3 is 20.4 Å². The third-order valence-electron chi connectivity index (χ3n) is 5.54. The highest BCUT2D eigenvalue weighted by molar-refractivity contribution is 6.42. The molecule has 9 heteroatoms. The maximum Gasteiger partial charge on any atom is 0.241 e. The number of aromatic nitrogens is 2. The highest BCUT2D eigenvalue weighted by atomic mass is 35.5. The van der Waals surface area contributed by atoms with Crippen molar-refractivity contribution >= 4 is 46.6 Å². The van der Waals surface area contributed by atoms with E-state index in [1.54, 1.807) is 19.2 Å². The molecule has 0 spiro atoms. The molecule has 2 N–H and O–H groups in total. The van der Waals surface area contributed by atoms with Gasteiger partial charge >= 0.3 is 0 Å². The molecule has 3 rings (SSSR count). The number of anilines is 3. The van der Waals surface area contributed by atoms with Crippen LogP contribution in [0, 0.1) is 6.92 Å². The van der Waals surface area contributed by atoms with Crippen molar-refractivity contribution in [2.75, 3.05) is 42.8 Å². The zero-order valence-corrected chi connectivity index (χ0v) is 20.0. The minimum absolute atomic E-state index is 0.0230. The van der Waals surface area contributed by atoms with Crippen LogP contribution in [-0.2, 0) is 4.79 Å².